The van der Waals surface area contributed by atoms with Crippen molar-refractivity contribution in [3.05, 3.63) is 17.5 Å². The maximum Gasteiger partial charge on any atom is 0.214 e. The van der Waals surface area contributed by atoms with Gasteiger partial charge in [-0.1, -0.05) is 12.8 Å². The lowest BCUT2D eigenvalue weighted by Gasteiger charge is -2.22. The predicted molar refractivity (Wildman–Crippen MR) is 93.4 cm³/mol. The average Bonchev–Trinajstić information content (AvgIpc) is 3.15. The molecule has 2 aliphatic rings. The first kappa shape index (κ1) is 17.9. The molecule has 0 unspecified atom stereocenters. The van der Waals surface area contributed by atoms with E-state index in [-0.39, 0.29) is 24.5 Å². The van der Waals surface area contributed by atoms with Crippen molar-refractivity contribution in [1.29, 1.82) is 0 Å². The summed E-state index contributed by atoms with van der Waals surface area (Å²) in [4.78, 5) is 0. The van der Waals surface area contributed by atoms with Gasteiger partial charge in [0.15, 0.2) is 0 Å². The van der Waals surface area contributed by atoms with E-state index in [1.165, 1.54) is 31.2 Å². The van der Waals surface area contributed by atoms with E-state index < -0.39 is 10.0 Å². The number of hydrogen-bond donors (Lipinski definition) is 1. The molecular formula is C17H29N3O3S. The van der Waals surface area contributed by atoms with Crippen molar-refractivity contribution in [2.75, 3.05) is 12.4 Å². The van der Waals surface area contributed by atoms with Crippen LogP contribution >= 0.6 is 0 Å². The van der Waals surface area contributed by atoms with E-state index in [1.54, 1.807) is 0 Å². The highest BCUT2D eigenvalue weighted by Gasteiger charge is 2.29. The Hall–Kier alpha value is -0.920. The number of sulfonamides is 1. The number of hydrogen-bond acceptors (Lipinski definition) is 4. The van der Waals surface area contributed by atoms with Crippen LogP contribution in [0, 0.1) is 0 Å². The molecule has 1 heterocycles. The molecule has 0 amide bonds. The maximum absolute atomic E-state index is 12.3. The number of aromatic nitrogens is 2. The predicted octanol–water partition coefficient (Wildman–Crippen LogP) is 2.72. The first-order chi connectivity index (χ1) is 11.4. The zero-order valence-electron chi connectivity index (χ0n) is 14.7. The summed E-state index contributed by atoms with van der Waals surface area (Å²) in [6, 6.07) is 0.299. The van der Waals surface area contributed by atoms with Crippen LogP contribution in [0.2, 0.25) is 0 Å². The first-order valence-electron chi connectivity index (χ1n) is 9.14. The van der Waals surface area contributed by atoms with Crippen LogP contribution in [0.1, 0.15) is 75.7 Å². The molecule has 6 nitrogen and oxygen atoms in total. The molecule has 0 radical (unpaired) electrons. The van der Waals surface area contributed by atoms with Crippen LogP contribution in [0.3, 0.4) is 0 Å². The van der Waals surface area contributed by atoms with Gasteiger partial charge in [0.1, 0.15) is 0 Å². The van der Waals surface area contributed by atoms with E-state index in [9.17, 15) is 8.42 Å². The normalized spacial score (nSPS) is 22.2. The van der Waals surface area contributed by atoms with Crippen molar-refractivity contribution in [2.45, 2.75) is 77.0 Å². The number of nitrogens with zero attached hydrogens (tertiary/aromatic N) is 2. The van der Waals surface area contributed by atoms with Gasteiger partial charge < -0.3 is 4.74 Å². The average molecular weight is 356 g/mol. The van der Waals surface area contributed by atoms with E-state index in [0.29, 0.717) is 6.04 Å². The molecule has 24 heavy (non-hydrogen) atoms. The molecular weight excluding hydrogens is 326 g/mol. The van der Waals surface area contributed by atoms with Crippen LogP contribution in [-0.2, 0) is 21.2 Å². The minimum absolute atomic E-state index is 0.000344. The summed E-state index contributed by atoms with van der Waals surface area (Å²) >= 11 is 0. The van der Waals surface area contributed by atoms with Crippen molar-refractivity contribution >= 4 is 10.0 Å². The van der Waals surface area contributed by atoms with E-state index in [0.717, 1.165) is 25.0 Å². The smallest absolute Gasteiger partial charge is 0.214 e. The molecule has 1 atom stereocenters. The van der Waals surface area contributed by atoms with Gasteiger partial charge >= 0.3 is 0 Å². The molecule has 1 fully saturated rings. The van der Waals surface area contributed by atoms with Crippen LogP contribution in [0.25, 0.3) is 0 Å². The lowest BCUT2D eigenvalue weighted by Crippen LogP contribution is -2.34. The van der Waals surface area contributed by atoms with Crippen LogP contribution in [-0.4, -0.2) is 36.7 Å². The highest BCUT2D eigenvalue weighted by Crippen LogP contribution is 2.34. The molecule has 0 bridgehead atoms. The first-order valence-corrected chi connectivity index (χ1v) is 10.8. The van der Waals surface area contributed by atoms with Crippen molar-refractivity contribution in [2.24, 2.45) is 0 Å². The molecule has 3 rings (SSSR count). The summed E-state index contributed by atoms with van der Waals surface area (Å²) in [6.45, 7) is 4.04. The number of nitrogens with one attached hydrogen (secondary N) is 1. The van der Waals surface area contributed by atoms with E-state index in [2.05, 4.69) is 15.6 Å². The van der Waals surface area contributed by atoms with E-state index in [4.69, 9.17) is 9.84 Å². The molecule has 0 spiro atoms. The third-order valence-electron chi connectivity index (χ3n) is 4.93. The lowest BCUT2D eigenvalue weighted by molar-refractivity contribution is 0.0911. The molecule has 0 aliphatic heterocycles. The molecule has 7 heteroatoms. The topological polar surface area (TPSA) is 73.2 Å². The Labute approximate surface area is 145 Å². The molecule has 1 saturated carbocycles. The Kier molecular flexibility index (Phi) is 5.62. The van der Waals surface area contributed by atoms with E-state index >= 15 is 0 Å². The Morgan fingerprint density at radius 2 is 2.04 bits per heavy atom. The van der Waals surface area contributed by atoms with Gasteiger partial charge in [0.2, 0.25) is 10.0 Å². The van der Waals surface area contributed by atoms with Gasteiger partial charge in [0, 0.05) is 6.20 Å². The van der Waals surface area contributed by atoms with Gasteiger partial charge in [-0.25, -0.2) is 13.1 Å². The fraction of sp³-hybridized carbons (Fsp3) is 0.824. The molecule has 0 saturated heterocycles. The van der Waals surface area contributed by atoms with Crippen LogP contribution in [0.4, 0.5) is 0 Å². The zero-order valence-corrected chi connectivity index (χ0v) is 15.5. The second-order valence-electron chi connectivity index (χ2n) is 7.26. The fourth-order valence-corrected chi connectivity index (χ4v) is 4.80. The lowest BCUT2D eigenvalue weighted by atomic mass is 9.94. The fourth-order valence-electron chi connectivity index (χ4n) is 3.70. The van der Waals surface area contributed by atoms with Crippen molar-refractivity contribution in [1.82, 2.24) is 14.5 Å². The van der Waals surface area contributed by atoms with Gasteiger partial charge in [-0.15, -0.1) is 0 Å². The van der Waals surface area contributed by atoms with Crippen molar-refractivity contribution in [3.8, 4) is 0 Å². The Morgan fingerprint density at radius 1 is 1.29 bits per heavy atom. The van der Waals surface area contributed by atoms with Gasteiger partial charge in [-0.05, 0) is 51.5 Å². The van der Waals surface area contributed by atoms with Crippen molar-refractivity contribution in [3.63, 3.8) is 0 Å². The van der Waals surface area contributed by atoms with E-state index in [1.807, 2.05) is 13.8 Å². The molecule has 1 N–H and O–H groups in total. The largest absolute Gasteiger partial charge is 0.378 e. The summed E-state index contributed by atoms with van der Waals surface area (Å²) in [7, 11) is -3.35. The minimum Gasteiger partial charge on any atom is -0.378 e. The number of fused-ring (bicyclic) bond motifs is 1. The SMILES string of the molecule is CC(C)OCCS(=O)(=O)N[C@@H]1CCCc2cn(C3CCCC3)nc21. The standard InChI is InChI=1S/C17H29N3O3S/c1-13(2)23-10-11-24(21,22)19-16-9-5-6-14-12-20(18-17(14)16)15-7-3-4-8-15/h12-13,15-16,19H,3-11H2,1-2H3/t16-/m1/s1. The zero-order chi connectivity index (χ0) is 17.2. The molecule has 2 aliphatic carbocycles. The van der Waals surface area contributed by atoms with Crippen LogP contribution in [0.15, 0.2) is 6.20 Å². The third kappa shape index (κ3) is 4.37. The molecule has 136 valence electrons. The highest BCUT2D eigenvalue weighted by molar-refractivity contribution is 7.89. The molecule has 1 aromatic rings. The van der Waals surface area contributed by atoms with Crippen molar-refractivity contribution < 1.29 is 13.2 Å². The Morgan fingerprint density at radius 3 is 2.75 bits per heavy atom. The number of ether oxygens (including phenoxy) is 1. The summed E-state index contributed by atoms with van der Waals surface area (Å²) < 4.78 is 35.0. The third-order valence-corrected chi connectivity index (χ3v) is 6.28. The number of rotatable bonds is 7. The Balaban J connectivity index is 1.67. The monoisotopic (exact) mass is 355 g/mol. The van der Waals surface area contributed by atoms with Gasteiger partial charge in [-0.2, -0.15) is 5.10 Å². The number of aryl methyl sites for hydroxylation is 1. The summed E-state index contributed by atoms with van der Waals surface area (Å²) in [5.74, 6) is 0.000344. The molecule has 0 aromatic carbocycles. The Bertz CT molecular complexity index is 648. The van der Waals surface area contributed by atoms with Gasteiger partial charge in [0.05, 0.1) is 36.2 Å². The second-order valence-corrected chi connectivity index (χ2v) is 9.13. The quantitative estimate of drug-likeness (QED) is 0.816. The summed E-state index contributed by atoms with van der Waals surface area (Å²) in [5, 5.41) is 4.77. The summed E-state index contributed by atoms with van der Waals surface area (Å²) in [5.41, 5.74) is 2.14. The summed E-state index contributed by atoms with van der Waals surface area (Å²) in [6.07, 6.45) is 9.90. The second kappa shape index (κ2) is 7.54. The highest BCUT2D eigenvalue weighted by atomic mass is 32.2. The molecule has 1 aromatic heterocycles. The minimum atomic E-state index is -3.35. The maximum atomic E-state index is 12.3. The van der Waals surface area contributed by atoms with Gasteiger partial charge in [0.25, 0.3) is 0 Å². The van der Waals surface area contributed by atoms with Gasteiger partial charge in [-0.3, -0.25) is 4.68 Å². The van der Waals surface area contributed by atoms with Crippen LogP contribution < -0.4 is 4.72 Å². The van der Waals surface area contributed by atoms with Crippen LogP contribution in [0.5, 0.6) is 0 Å².